The maximum Gasteiger partial charge on any atom is 0.490 e. The number of carboxylic acid groups (broad SMARTS) is 1. The molecule has 1 aliphatic rings. The first kappa shape index (κ1) is 23.4. The summed E-state index contributed by atoms with van der Waals surface area (Å²) in [6.07, 6.45) is -3.06. The van der Waals surface area contributed by atoms with Gasteiger partial charge in [-0.15, -0.1) is 0 Å². The van der Waals surface area contributed by atoms with Crippen LogP contribution in [0, 0.1) is 11.6 Å². The topological polar surface area (TPSA) is 49.3 Å². The van der Waals surface area contributed by atoms with Gasteiger partial charge in [-0.25, -0.2) is 13.6 Å². The number of hydrogen-bond acceptors (Lipinski definition) is 3. The van der Waals surface area contributed by atoms with Gasteiger partial charge in [0.05, 0.1) is 0 Å². The largest absolute Gasteiger partial charge is 0.490 e. The molecule has 1 fully saturated rings. The van der Waals surface area contributed by atoms with Crippen LogP contribution in [0.5, 0.6) is 0 Å². The molecule has 2 aromatic rings. The van der Waals surface area contributed by atoms with Crippen LogP contribution in [-0.2, 0) is 4.79 Å². The van der Waals surface area contributed by atoms with E-state index < -0.39 is 12.1 Å². The van der Waals surface area contributed by atoms with Crippen LogP contribution < -0.4 is 5.32 Å². The molecule has 0 saturated carbocycles. The third kappa shape index (κ3) is 7.17. The summed E-state index contributed by atoms with van der Waals surface area (Å²) < 4.78 is 59.3. The van der Waals surface area contributed by atoms with Gasteiger partial charge in [0.1, 0.15) is 11.6 Å². The Kier molecular flexibility index (Phi) is 8.30. The molecule has 0 atom stereocenters. The van der Waals surface area contributed by atoms with Crippen LogP contribution in [0.15, 0.2) is 46.2 Å². The Morgan fingerprint density at radius 3 is 2.28 bits per heavy atom. The van der Waals surface area contributed by atoms with E-state index in [4.69, 9.17) is 21.5 Å². The van der Waals surface area contributed by atoms with Gasteiger partial charge in [0, 0.05) is 14.8 Å². The van der Waals surface area contributed by atoms with Crippen molar-refractivity contribution in [1.29, 1.82) is 0 Å². The van der Waals surface area contributed by atoms with E-state index in [-0.39, 0.29) is 11.6 Å². The van der Waals surface area contributed by atoms with Crippen molar-refractivity contribution in [3.8, 4) is 0 Å². The number of aliphatic carboxylic acids is 1. The van der Waals surface area contributed by atoms with Gasteiger partial charge in [-0.2, -0.15) is 13.2 Å². The lowest BCUT2D eigenvalue weighted by Crippen LogP contribution is -2.26. The van der Waals surface area contributed by atoms with Crippen LogP contribution in [-0.4, -0.2) is 30.3 Å². The minimum Gasteiger partial charge on any atom is -0.475 e. The first-order chi connectivity index (χ1) is 13.6. The van der Waals surface area contributed by atoms with Crippen molar-refractivity contribution in [2.75, 3.05) is 13.1 Å². The average Bonchev–Trinajstić information content (AvgIpc) is 2.65. The van der Waals surface area contributed by atoms with Crippen LogP contribution in [0.4, 0.5) is 22.0 Å². The summed E-state index contributed by atoms with van der Waals surface area (Å²) in [4.78, 5) is 10.1. The third-order valence-corrected chi connectivity index (χ3v) is 5.45. The fraction of sp³-hybridized carbons (Fsp3) is 0.316. The van der Waals surface area contributed by atoms with Crippen molar-refractivity contribution < 1.29 is 31.9 Å². The van der Waals surface area contributed by atoms with E-state index in [0.717, 1.165) is 36.4 Å². The summed E-state index contributed by atoms with van der Waals surface area (Å²) in [5, 5.41) is 10.9. The first-order valence-corrected chi connectivity index (χ1v) is 9.70. The average molecular weight is 454 g/mol. The van der Waals surface area contributed by atoms with E-state index in [1.165, 1.54) is 36.0 Å². The molecular formula is C19H17ClF5NO2S. The molecule has 1 heterocycles. The van der Waals surface area contributed by atoms with Gasteiger partial charge in [0.15, 0.2) is 0 Å². The van der Waals surface area contributed by atoms with Crippen molar-refractivity contribution in [2.45, 2.75) is 34.7 Å². The molecule has 1 saturated heterocycles. The monoisotopic (exact) mass is 453 g/mol. The highest BCUT2D eigenvalue weighted by atomic mass is 35.5. The van der Waals surface area contributed by atoms with Crippen molar-refractivity contribution in [2.24, 2.45) is 0 Å². The molecule has 2 aromatic carbocycles. The summed E-state index contributed by atoms with van der Waals surface area (Å²) in [6.45, 7) is 1.91. The predicted molar refractivity (Wildman–Crippen MR) is 100 cm³/mol. The van der Waals surface area contributed by atoms with Gasteiger partial charge in [0.2, 0.25) is 0 Å². The third-order valence-electron chi connectivity index (χ3n) is 4.11. The number of piperidine rings is 1. The van der Waals surface area contributed by atoms with Gasteiger partial charge in [-0.1, -0.05) is 29.4 Å². The number of rotatable bonds is 3. The Labute approximate surface area is 173 Å². The molecular weight excluding hydrogens is 437 g/mol. The second-order valence-corrected chi connectivity index (χ2v) is 7.71. The van der Waals surface area contributed by atoms with Crippen LogP contribution in [0.25, 0.3) is 0 Å². The van der Waals surface area contributed by atoms with Gasteiger partial charge < -0.3 is 10.4 Å². The molecule has 0 spiro atoms. The molecule has 1 aliphatic heterocycles. The Bertz CT molecular complexity index is 857. The number of carbonyl (C=O) groups is 1. The Balaban J connectivity index is 0.000000370. The Morgan fingerprint density at radius 2 is 1.69 bits per heavy atom. The zero-order valence-electron chi connectivity index (χ0n) is 14.9. The number of nitrogens with one attached hydrogen (secondary N) is 1. The normalized spacial score (nSPS) is 14.8. The summed E-state index contributed by atoms with van der Waals surface area (Å²) in [6, 6.07) is 9.24. The van der Waals surface area contributed by atoms with Crippen LogP contribution >= 0.6 is 23.4 Å². The quantitative estimate of drug-likeness (QED) is 0.571. The highest BCUT2D eigenvalue weighted by Gasteiger charge is 2.38. The highest BCUT2D eigenvalue weighted by Crippen LogP contribution is 2.39. The maximum atomic E-state index is 13.9. The van der Waals surface area contributed by atoms with Gasteiger partial charge in [-0.3, -0.25) is 0 Å². The SMILES string of the molecule is Fc1ccc(C2CCNCC2)c(Sc2cc(Cl)ccc2F)c1.O=C(O)C(F)(F)F. The summed E-state index contributed by atoms with van der Waals surface area (Å²) in [5.74, 6) is -3.02. The van der Waals surface area contributed by atoms with E-state index in [0.29, 0.717) is 15.8 Å². The van der Waals surface area contributed by atoms with Crippen molar-refractivity contribution in [3.63, 3.8) is 0 Å². The number of alkyl halides is 3. The molecule has 3 nitrogen and oxygen atoms in total. The molecule has 29 heavy (non-hydrogen) atoms. The van der Waals surface area contributed by atoms with Crippen molar-refractivity contribution >= 4 is 29.3 Å². The van der Waals surface area contributed by atoms with Crippen molar-refractivity contribution in [1.82, 2.24) is 5.32 Å². The lowest BCUT2D eigenvalue weighted by molar-refractivity contribution is -0.192. The second-order valence-electron chi connectivity index (χ2n) is 6.19. The zero-order chi connectivity index (χ0) is 21.6. The van der Waals surface area contributed by atoms with Crippen LogP contribution in [0.2, 0.25) is 5.02 Å². The first-order valence-electron chi connectivity index (χ1n) is 8.51. The number of hydrogen-bond donors (Lipinski definition) is 2. The molecule has 0 bridgehead atoms. The maximum absolute atomic E-state index is 13.9. The lowest BCUT2D eigenvalue weighted by Gasteiger charge is -2.25. The standard InChI is InChI=1S/C17H16ClF2NS.C2HF3O2/c18-12-1-4-15(20)17(9-12)22-16-10-13(19)2-3-14(16)11-5-7-21-8-6-11;3-2(4,5)1(6)7/h1-4,9-11,21H,5-8H2;(H,6,7). The smallest absolute Gasteiger partial charge is 0.475 e. The number of benzene rings is 2. The molecule has 0 unspecified atom stereocenters. The fourth-order valence-corrected chi connectivity index (χ4v) is 4.09. The number of halogens is 6. The molecule has 0 aromatic heterocycles. The Morgan fingerprint density at radius 1 is 1.07 bits per heavy atom. The summed E-state index contributed by atoms with van der Waals surface area (Å²) in [7, 11) is 0. The van der Waals surface area contributed by atoms with Crippen LogP contribution in [0.3, 0.4) is 0 Å². The van der Waals surface area contributed by atoms with E-state index in [1.54, 1.807) is 6.07 Å². The predicted octanol–water partition coefficient (Wildman–Crippen LogP) is 5.87. The highest BCUT2D eigenvalue weighted by molar-refractivity contribution is 7.99. The second kappa shape index (κ2) is 10.3. The lowest BCUT2D eigenvalue weighted by atomic mass is 9.90. The minimum atomic E-state index is -5.08. The minimum absolute atomic E-state index is 0.303. The summed E-state index contributed by atoms with van der Waals surface area (Å²) in [5.41, 5.74) is 1.09. The van der Waals surface area contributed by atoms with E-state index >= 15 is 0 Å². The molecule has 3 rings (SSSR count). The van der Waals surface area contributed by atoms with E-state index in [2.05, 4.69) is 5.32 Å². The molecule has 0 radical (unpaired) electrons. The fourth-order valence-electron chi connectivity index (χ4n) is 2.74. The van der Waals surface area contributed by atoms with E-state index in [9.17, 15) is 22.0 Å². The number of carboxylic acids is 1. The van der Waals surface area contributed by atoms with Crippen molar-refractivity contribution in [3.05, 3.63) is 58.6 Å². The van der Waals surface area contributed by atoms with Gasteiger partial charge >= 0.3 is 12.1 Å². The molecule has 2 N–H and O–H groups in total. The van der Waals surface area contributed by atoms with E-state index in [1.807, 2.05) is 6.07 Å². The molecule has 10 heteroatoms. The summed E-state index contributed by atoms with van der Waals surface area (Å²) >= 11 is 7.18. The molecule has 158 valence electrons. The molecule has 0 amide bonds. The Hall–Kier alpha value is -1.84. The van der Waals surface area contributed by atoms with Gasteiger partial charge in [-0.05, 0) is 67.7 Å². The van der Waals surface area contributed by atoms with Gasteiger partial charge in [0.25, 0.3) is 0 Å². The van der Waals surface area contributed by atoms with Crippen LogP contribution in [0.1, 0.15) is 24.3 Å². The molecule has 0 aliphatic carbocycles. The zero-order valence-corrected chi connectivity index (χ0v) is 16.5.